The molecule has 0 aromatic carbocycles. The molecule has 1 unspecified atom stereocenters. The number of likely N-dealkylation sites (N-methyl/N-ethyl adjacent to an activating group) is 1. The lowest BCUT2D eigenvalue weighted by atomic mass is 9.90. The average molecular weight is 403 g/mol. The number of carboxylic acid groups (broad SMARTS) is 1. The standard InChI is InChI=1S/C20H38N2O6/c1-10-13(4)17(14(27-9)11-15(23)24)22(8)18(25)16(12(2)3)21-19(26)28-20(5,6)7/h12-14,16-17H,10-11H2,1-9H3,(H,21,26)(H,23,24)/t13-,14+,16-,17?/m0/s1. The lowest BCUT2D eigenvalue weighted by molar-refractivity contribution is -0.147. The van der Waals surface area contributed by atoms with Crippen LogP contribution in [0.1, 0.15) is 61.3 Å². The summed E-state index contributed by atoms with van der Waals surface area (Å²) < 4.78 is 10.7. The summed E-state index contributed by atoms with van der Waals surface area (Å²) in [6.07, 6.45) is -0.791. The van der Waals surface area contributed by atoms with E-state index < -0.39 is 35.9 Å². The zero-order valence-electron chi connectivity index (χ0n) is 18.7. The number of carbonyl (C=O) groups is 3. The number of hydrogen-bond donors (Lipinski definition) is 2. The monoisotopic (exact) mass is 402 g/mol. The van der Waals surface area contributed by atoms with Gasteiger partial charge in [0, 0.05) is 14.2 Å². The number of carboxylic acids is 1. The smallest absolute Gasteiger partial charge is 0.408 e. The predicted octanol–water partition coefficient (Wildman–Crippen LogP) is 2.90. The first-order valence-electron chi connectivity index (χ1n) is 9.75. The number of nitrogens with one attached hydrogen (secondary N) is 1. The van der Waals surface area contributed by atoms with Crippen molar-refractivity contribution >= 4 is 18.0 Å². The van der Waals surface area contributed by atoms with Gasteiger partial charge in [-0.15, -0.1) is 0 Å². The highest BCUT2D eigenvalue weighted by atomic mass is 16.6. The number of nitrogens with zero attached hydrogens (tertiary/aromatic N) is 1. The fourth-order valence-electron chi connectivity index (χ4n) is 3.07. The predicted molar refractivity (Wildman–Crippen MR) is 107 cm³/mol. The molecular formula is C20H38N2O6. The van der Waals surface area contributed by atoms with Gasteiger partial charge in [-0.1, -0.05) is 34.1 Å². The van der Waals surface area contributed by atoms with Crippen LogP contribution in [-0.4, -0.2) is 65.9 Å². The largest absolute Gasteiger partial charge is 0.481 e. The molecule has 8 heteroatoms. The van der Waals surface area contributed by atoms with E-state index in [2.05, 4.69) is 5.32 Å². The minimum atomic E-state index is -0.992. The Kier molecular flexibility index (Phi) is 10.5. The van der Waals surface area contributed by atoms with Crippen molar-refractivity contribution in [2.75, 3.05) is 14.2 Å². The second kappa shape index (κ2) is 11.2. The number of methoxy groups -OCH3 is 1. The van der Waals surface area contributed by atoms with E-state index in [1.54, 1.807) is 27.8 Å². The summed E-state index contributed by atoms with van der Waals surface area (Å²) in [5, 5.41) is 11.9. The molecule has 0 radical (unpaired) electrons. The molecule has 8 nitrogen and oxygen atoms in total. The molecule has 0 aromatic heterocycles. The summed E-state index contributed by atoms with van der Waals surface area (Å²) in [7, 11) is 3.07. The van der Waals surface area contributed by atoms with E-state index in [0.29, 0.717) is 0 Å². The third kappa shape index (κ3) is 8.46. The van der Waals surface area contributed by atoms with Crippen LogP contribution in [0.5, 0.6) is 0 Å². The van der Waals surface area contributed by atoms with Crippen molar-refractivity contribution < 1.29 is 29.0 Å². The SMILES string of the molecule is CC[C@H](C)C([C@@H](CC(=O)O)OC)N(C)C(=O)[C@@H](NC(=O)OC(C)(C)C)C(C)C. The van der Waals surface area contributed by atoms with E-state index in [0.717, 1.165) is 6.42 Å². The molecule has 2 amide bonds. The highest BCUT2D eigenvalue weighted by Gasteiger charge is 2.37. The molecule has 0 fully saturated rings. The van der Waals surface area contributed by atoms with E-state index in [1.165, 1.54) is 12.0 Å². The van der Waals surface area contributed by atoms with Crippen molar-refractivity contribution in [3.05, 3.63) is 0 Å². The Bertz CT molecular complexity index is 529. The third-order valence-corrected chi connectivity index (χ3v) is 4.69. The molecule has 2 N–H and O–H groups in total. The van der Waals surface area contributed by atoms with Gasteiger partial charge in [-0.05, 0) is 32.6 Å². The lowest BCUT2D eigenvalue weighted by Crippen LogP contribution is -2.57. The molecule has 28 heavy (non-hydrogen) atoms. The van der Waals surface area contributed by atoms with Gasteiger partial charge < -0.3 is 24.8 Å². The number of carbonyl (C=O) groups excluding carboxylic acids is 2. The summed E-state index contributed by atoms with van der Waals surface area (Å²) in [4.78, 5) is 38.1. The summed E-state index contributed by atoms with van der Waals surface area (Å²) in [5.74, 6) is -1.47. The highest BCUT2D eigenvalue weighted by Crippen LogP contribution is 2.23. The number of ether oxygens (including phenoxy) is 2. The molecule has 0 saturated carbocycles. The van der Waals surface area contributed by atoms with Crippen molar-refractivity contribution in [2.24, 2.45) is 11.8 Å². The molecule has 4 atom stereocenters. The summed E-state index contributed by atoms with van der Waals surface area (Å²) >= 11 is 0. The number of hydrogen-bond acceptors (Lipinski definition) is 5. The normalized spacial score (nSPS) is 16.1. The van der Waals surface area contributed by atoms with Crippen LogP contribution >= 0.6 is 0 Å². The molecular weight excluding hydrogens is 364 g/mol. The van der Waals surface area contributed by atoms with Gasteiger partial charge in [0.15, 0.2) is 0 Å². The van der Waals surface area contributed by atoms with Crippen molar-refractivity contribution in [3.8, 4) is 0 Å². The Hall–Kier alpha value is -1.83. The number of amides is 2. The molecule has 0 aliphatic carbocycles. The van der Waals surface area contributed by atoms with Crippen molar-refractivity contribution in [2.45, 2.75) is 85.1 Å². The van der Waals surface area contributed by atoms with Crippen LogP contribution in [0.2, 0.25) is 0 Å². The summed E-state index contributed by atoms with van der Waals surface area (Å²) in [5.41, 5.74) is -0.678. The summed E-state index contributed by atoms with van der Waals surface area (Å²) in [6, 6.07) is -1.24. The Labute approximate surface area is 168 Å². The molecule has 164 valence electrons. The minimum absolute atomic E-state index is 0.00703. The first kappa shape index (κ1) is 26.2. The van der Waals surface area contributed by atoms with Crippen molar-refractivity contribution in [1.82, 2.24) is 10.2 Å². The lowest BCUT2D eigenvalue weighted by Gasteiger charge is -2.39. The van der Waals surface area contributed by atoms with E-state index in [1.807, 2.05) is 27.7 Å². The topological polar surface area (TPSA) is 105 Å². The third-order valence-electron chi connectivity index (χ3n) is 4.69. The van der Waals surface area contributed by atoms with Crippen LogP contribution in [-0.2, 0) is 19.1 Å². The van der Waals surface area contributed by atoms with E-state index in [9.17, 15) is 19.5 Å². The van der Waals surface area contributed by atoms with Gasteiger partial charge in [0.2, 0.25) is 5.91 Å². The number of rotatable bonds is 10. The minimum Gasteiger partial charge on any atom is -0.481 e. The molecule has 0 bridgehead atoms. The number of alkyl carbamates (subject to hydrolysis) is 1. The first-order chi connectivity index (χ1) is 12.7. The van der Waals surface area contributed by atoms with Crippen LogP contribution in [0.4, 0.5) is 4.79 Å². The Balaban J connectivity index is 5.61. The molecule has 0 aliphatic heterocycles. The highest BCUT2D eigenvalue weighted by molar-refractivity contribution is 5.86. The Morgan fingerprint density at radius 2 is 1.68 bits per heavy atom. The van der Waals surface area contributed by atoms with Crippen LogP contribution in [0.3, 0.4) is 0 Å². The van der Waals surface area contributed by atoms with Gasteiger partial charge >= 0.3 is 12.1 Å². The van der Waals surface area contributed by atoms with Gasteiger partial charge in [0.1, 0.15) is 11.6 Å². The van der Waals surface area contributed by atoms with Crippen LogP contribution < -0.4 is 5.32 Å². The fourth-order valence-corrected chi connectivity index (χ4v) is 3.07. The molecule has 0 saturated heterocycles. The second-order valence-corrected chi connectivity index (χ2v) is 8.57. The van der Waals surface area contributed by atoms with Gasteiger partial charge in [-0.3, -0.25) is 9.59 Å². The quantitative estimate of drug-likeness (QED) is 0.582. The maximum absolute atomic E-state index is 13.2. The van der Waals surface area contributed by atoms with E-state index >= 15 is 0 Å². The Morgan fingerprint density at radius 3 is 2.04 bits per heavy atom. The van der Waals surface area contributed by atoms with E-state index in [-0.39, 0.29) is 24.2 Å². The molecule has 0 aliphatic rings. The van der Waals surface area contributed by atoms with Crippen LogP contribution in [0.25, 0.3) is 0 Å². The van der Waals surface area contributed by atoms with Crippen LogP contribution in [0.15, 0.2) is 0 Å². The maximum atomic E-state index is 13.2. The second-order valence-electron chi connectivity index (χ2n) is 8.57. The fraction of sp³-hybridized carbons (Fsp3) is 0.850. The van der Waals surface area contributed by atoms with Gasteiger partial charge in [-0.25, -0.2) is 4.79 Å². The Morgan fingerprint density at radius 1 is 1.14 bits per heavy atom. The summed E-state index contributed by atoms with van der Waals surface area (Å²) in [6.45, 7) is 12.8. The van der Waals surface area contributed by atoms with Gasteiger partial charge in [0.05, 0.1) is 18.6 Å². The van der Waals surface area contributed by atoms with Gasteiger partial charge in [-0.2, -0.15) is 0 Å². The molecule has 0 spiro atoms. The number of aliphatic carboxylic acids is 1. The van der Waals surface area contributed by atoms with Crippen molar-refractivity contribution in [1.29, 1.82) is 0 Å². The zero-order chi connectivity index (χ0) is 22.2. The van der Waals surface area contributed by atoms with Crippen molar-refractivity contribution in [3.63, 3.8) is 0 Å². The average Bonchev–Trinajstić information content (AvgIpc) is 2.55. The molecule has 0 rings (SSSR count). The van der Waals surface area contributed by atoms with Crippen LogP contribution in [0, 0.1) is 11.8 Å². The van der Waals surface area contributed by atoms with E-state index in [4.69, 9.17) is 9.47 Å². The molecule has 0 aromatic rings. The maximum Gasteiger partial charge on any atom is 0.408 e. The molecule has 0 heterocycles. The van der Waals surface area contributed by atoms with Gasteiger partial charge in [0.25, 0.3) is 0 Å². The first-order valence-corrected chi connectivity index (χ1v) is 9.75. The zero-order valence-corrected chi connectivity index (χ0v) is 18.7.